The first-order chi connectivity index (χ1) is 38.8. The van der Waals surface area contributed by atoms with E-state index in [1.807, 2.05) is 18.2 Å². The molecule has 0 saturated carbocycles. The second-order valence-corrected chi connectivity index (χ2v) is 21.9. The minimum atomic E-state index is 0.361. The molecule has 0 aliphatic carbocycles. The van der Waals surface area contributed by atoms with Crippen LogP contribution in [-0.2, 0) is 0 Å². The van der Waals surface area contributed by atoms with Crippen LogP contribution in [-0.4, -0.2) is 4.40 Å². The molecule has 11 aromatic carbocycles. The maximum atomic E-state index is 7.25. The third-order valence-corrected chi connectivity index (χ3v) is 16.9. The first-order valence-corrected chi connectivity index (χ1v) is 27.4. The van der Waals surface area contributed by atoms with Crippen molar-refractivity contribution in [3.05, 3.63) is 223 Å². The monoisotopic (exact) mass is 1020 g/mol. The Labute approximate surface area is 452 Å². The molecule has 0 saturated heterocycles. The van der Waals surface area contributed by atoms with Crippen LogP contribution < -0.4 is 9.80 Å². The highest BCUT2D eigenvalue weighted by atomic mass is 16.3. The SMILES string of the molecule is CC(C)c1ccc(N(c2ccc3oc4ccccc4c3c2)c2cc3c4ccccc4oc3c3c2c2cccc4c5c(N(c6ccc(C(C)C)cc6)c6cccc7c6oc6ccccc67)cc6c7ccccc7oc6c5n3c24)cc1. The van der Waals surface area contributed by atoms with Crippen molar-refractivity contribution in [3.63, 3.8) is 0 Å². The summed E-state index contributed by atoms with van der Waals surface area (Å²) < 4.78 is 30.4. The molecule has 0 unspecified atom stereocenters. The van der Waals surface area contributed by atoms with E-state index in [1.54, 1.807) is 0 Å². The van der Waals surface area contributed by atoms with Crippen molar-refractivity contribution in [3.8, 4) is 0 Å². The molecule has 6 heterocycles. The van der Waals surface area contributed by atoms with Gasteiger partial charge in [-0.3, -0.25) is 0 Å². The van der Waals surface area contributed by atoms with Gasteiger partial charge in [-0.2, -0.15) is 0 Å². The number of para-hydroxylation sites is 6. The highest BCUT2D eigenvalue weighted by Gasteiger charge is 2.33. The number of aromatic nitrogens is 1. The number of furan rings is 4. The van der Waals surface area contributed by atoms with Crippen LogP contribution in [0.2, 0.25) is 0 Å². The number of anilines is 6. The molecule has 0 aliphatic heterocycles. The molecule has 0 bridgehead atoms. The lowest BCUT2D eigenvalue weighted by molar-refractivity contribution is 0.668. The first kappa shape index (κ1) is 44.2. The van der Waals surface area contributed by atoms with E-state index in [-0.39, 0.29) is 0 Å². The molecule has 0 aliphatic rings. The van der Waals surface area contributed by atoms with Crippen LogP contribution in [0, 0.1) is 0 Å². The fraction of sp³-hybridized carbons (Fsp3) is 0.0833. The molecule has 79 heavy (non-hydrogen) atoms. The van der Waals surface area contributed by atoms with Gasteiger partial charge in [-0.1, -0.05) is 155 Å². The summed E-state index contributed by atoms with van der Waals surface area (Å²) >= 11 is 0. The molecule has 7 nitrogen and oxygen atoms in total. The van der Waals surface area contributed by atoms with Crippen molar-refractivity contribution in [1.29, 1.82) is 0 Å². The molecule has 0 radical (unpaired) electrons. The topological polar surface area (TPSA) is 63.5 Å². The molecule has 0 N–H and O–H groups in total. The zero-order valence-corrected chi connectivity index (χ0v) is 43.8. The zero-order chi connectivity index (χ0) is 52.4. The molecule has 6 aromatic heterocycles. The van der Waals surface area contributed by atoms with Gasteiger partial charge < -0.3 is 31.9 Å². The number of fused-ring (bicyclic) bond motifs is 20. The maximum absolute atomic E-state index is 7.25. The highest BCUT2D eigenvalue weighted by molar-refractivity contribution is 6.36. The predicted molar refractivity (Wildman–Crippen MR) is 328 cm³/mol. The summed E-state index contributed by atoms with van der Waals surface area (Å²) in [5, 5.41) is 12.7. The Morgan fingerprint density at radius 1 is 0.291 bits per heavy atom. The fourth-order valence-electron chi connectivity index (χ4n) is 13.1. The van der Waals surface area contributed by atoms with E-state index in [9.17, 15) is 0 Å². The van der Waals surface area contributed by atoms with Gasteiger partial charge in [0.05, 0.1) is 22.6 Å². The van der Waals surface area contributed by atoms with E-state index in [4.69, 9.17) is 17.7 Å². The number of benzene rings is 11. The smallest absolute Gasteiger partial charge is 0.160 e. The lowest BCUT2D eigenvalue weighted by atomic mass is 9.99. The van der Waals surface area contributed by atoms with E-state index >= 15 is 0 Å². The maximum Gasteiger partial charge on any atom is 0.160 e. The summed E-state index contributed by atoms with van der Waals surface area (Å²) in [5.41, 5.74) is 18.3. The van der Waals surface area contributed by atoms with E-state index in [1.165, 1.54) is 11.1 Å². The van der Waals surface area contributed by atoms with Crippen molar-refractivity contribution < 1.29 is 17.7 Å². The number of hydrogen-bond acceptors (Lipinski definition) is 6. The fourth-order valence-corrected chi connectivity index (χ4v) is 13.1. The van der Waals surface area contributed by atoms with Gasteiger partial charge in [-0.05, 0) is 108 Å². The van der Waals surface area contributed by atoms with Crippen LogP contribution >= 0.6 is 0 Å². The van der Waals surface area contributed by atoms with Gasteiger partial charge in [0.25, 0.3) is 0 Å². The Hall–Kier alpha value is -9.98. The van der Waals surface area contributed by atoms with E-state index in [0.29, 0.717) is 11.8 Å². The largest absolute Gasteiger partial charge is 0.456 e. The molecule has 0 amide bonds. The van der Waals surface area contributed by atoms with Crippen LogP contribution in [0.15, 0.2) is 230 Å². The van der Waals surface area contributed by atoms with Crippen molar-refractivity contribution in [2.24, 2.45) is 0 Å². The molecule has 17 aromatic rings. The number of rotatable bonds is 8. The number of nitrogens with zero attached hydrogens (tertiary/aromatic N) is 3. The Bertz CT molecular complexity index is 5340. The molecule has 0 atom stereocenters. The van der Waals surface area contributed by atoms with Crippen LogP contribution in [0.4, 0.5) is 34.1 Å². The third kappa shape index (κ3) is 6.18. The van der Waals surface area contributed by atoms with Crippen molar-refractivity contribution in [1.82, 2.24) is 4.40 Å². The molecule has 376 valence electrons. The summed E-state index contributed by atoms with van der Waals surface area (Å²) in [5.74, 6) is 0.729. The molecule has 17 rings (SSSR count). The van der Waals surface area contributed by atoms with Gasteiger partial charge in [0, 0.05) is 81.7 Å². The summed E-state index contributed by atoms with van der Waals surface area (Å²) in [4.78, 5) is 4.86. The molecule has 0 spiro atoms. The quantitative estimate of drug-likeness (QED) is 0.151. The Kier molecular flexibility index (Phi) is 9.10. The van der Waals surface area contributed by atoms with E-state index in [0.717, 1.165) is 160 Å². The first-order valence-electron chi connectivity index (χ1n) is 27.4. The average molecular weight is 1020 g/mol. The van der Waals surface area contributed by atoms with Gasteiger partial charge in [0.2, 0.25) is 0 Å². The van der Waals surface area contributed by atoms with Gasteiger partial charge in [0.1, 0.15) is 38.9 Å². The lowest BCUT2D eigenvalue weighted by Crippen LogP contribution is -2.11. The van der Waals surface area contributed by atoms with Crippen molar-refractivity contribution >= 4 is 160 Å². The minimum Gasteiger partial charge on any atom is -0.456 e. The molecule has 7 heteroatoms. The van der Waals surface area contributed by atoms with Gasteiger partial charge in [0.15, 0.2) is 16.7 Å². The van der Waals surface area contributed by atoms with E-state index in [2.05, 4.69) is 236 Å². The highest BCUT2D eigenvalue weighted by Crippen LogP contribution is 2.55. The second kappa shape index (κ2) is 16.3. The summed E-state index contributed by atoms with van der Waals surface area (Å²) in [6.45, 7) is 9.00. The molecule has 0 fully saturated rings. The predicted octanol–water partition coefficient (Wildman–Crippen LogP) is 21.6. The van der Waals surface area contributed by atoms with Crippen LogP contribution in [0.5, 0.6) is 0 Å². The average Bonchev–Trinajstić information content (AvgIpc) is 3.56. The Balaban J connectivity index is 1.06. The Morgan fingerprint density at radius 3 is 1.24 bits per heavy atom. The lowest BCUT2D eigenvalue weighted by Gasteiger charge is -2.28. The summed E-state index contributed by atoms with van der Waals surface area (Å²) in [6.07, 6.45) is 0. The van der Waals surface area contributed by atoms with Gasteiger partial charge >= 0.3 is 0 Å². The van der Waals surface area contributed by atoms with Crippen molar-refractivity contribution in [2.45, 2.75) is 39.5 Å². The Morgan fingerprint density at radius 2 is 0.696 bits per heavy atom. The van der Waals surface area contributed by atoms with Gasteiger partial charge in [-0.15, -0.1) is 0 Å². The van der Waals surface area contributed by atoms with Crippen LogP contribution in [0.3, 0.4) is 0 Å². The zero-order valence-electron chi connectivity index (χ0n) is 43.8. The third-order valence-electron chi connectivity index (χ3n) is 16.9. The van der Waals surface area contributed by atoms with E-state index < -0.39 is 0 Å². The standard InChI is InChI=1S/C72H49N3O4/c1-40(2)42-27-31-44(32-28-42)73(46-35-36-64-54(37-46)48-16-6-9-23-60(48)76-64)58-38-55-49-17-7-11-25-62(49)78-71(55)68-65(58)52-20-13-21-53-66-59(39-56-50-18-8-12-26-63(50)79-72(56)69(66)75(68)67(52)53)74(45-33-29-43(30-34-45)41(3)4)57-22-14-19-51-47-15-5-10-24-61(47)77-70(51)57/h5-41H,1-4H3. The minimum absolute atomic E-state index is 0.361. The summed E-state index contributed by atoms with van der Waals surface area (Å²) in [6, 6.07) is 76.4. The summed E-state index contributed by atoms with van der Waals surface area (Å²) in [7, 11) is 0. The second-order valence-electron chi connectivity index (χ2n) is 21.9. The van der Waals surface area contributed by atoms with Crippen LogP contribution in [0.25, 0.3) is 126 Å². The van der Waals surface area contributed by atoms with Crippen molar-refractivity contribution in [2.75, 3.05) is 9.80 Å². The van der Waals surface area contributed by atoms with Crippen LogP contribution in [0.1, 0.15) is 50.7 Å². The van der Waals surface area contributed by atoms with Gasteiger partial charge in [-0.25, -0.2) is 0 Å². The number of hydrogen-bond donors (Lipinski definition) is 0. The normalized spacial score (nSPS) is 12.5. The molecular weight excluding hydrogens is 971 g/mol. The molecular formula is C72H49N3O4.